The number of aliphatic hydroxyl groups is 2. The molecule has 1 atom stereocenters. The number of carbonyl (C=O) groups excluding carboxylic acids is 2. The Morgan fingerprint density at radius 1 is 1.59 bits per heavy atom. The molecule has 7 nitrogen and oxygen atoms in total. The zero-order chi connectivity index (χ0) is 13.1. The molecule has 7 heteroatoms. The molecule has 0 heterocycles. The highest BCUT2D eigenvalue weighted by atomic mass is 16.5. The van der Waals surface area contributed by atoms with Crippen LogP contribution in [0.5, 0.6) is 0 Å². The molecule has 0 aromatic carbocycles. The third kappa shape index (κ3) is 3.18. The van der Waals surface area contributed by atoms with E-state index in [1.165, 1.54) is 7.11 Å². The predicted molar refractivity (Wildman–Crippen MR) is 53.3 cm³/mol. The van der Waals surface area contributed by atoms with Crippen molar-refractivity contribution in [3.05, 3.63) is 11.5 Å². The molecule has 96 valence electrons. The van der Waals surface area contributed by atoms with Gasteiger partial charge in [-0.2, -0.15) is 0 Å². The Morgan fingerprint density at radius 2 is 2.24 bits per heavy atom. The lowest BCUT2D eigenvalue weighted by atomic mass is 9.86. The zero-order valence-electron chi connectivity index (χ0n) is 9.36. The van der Waals surface area contributed by atoms with Gasteiger partial charge in [-0.25, -0.2) is 0 Å². The minimum Gasteiger partial charge on any atom is -0.548 e. The van der Waals surface area contributed by atoms with Crippen LogP contribution in [0.25, 0.3) is 0 Å². The van der Waals surface area contributed by atoms with Crippen LogP contribution in [0.1, 0.15) is 12.8 Å². The Kier molecular flexibility index (Phi) is 4.08. The molecule has 1 aliphatic carbocycles. The number of carboxylic acid groups (broad SMARTS) is 1. The van der Waals surface area contributed by atoms with Crippen molar-refractivity contribution in [2.45, 2.75) is 18.4 Å². The van der Waals surface area contributed by atoms with E-state index in [1.807, 2.05) is 0 Å². The van der Waals surface area contributed by atoms with Crippen LogP contribution in [0.2, 0.25) is 0 Å². The van der Waals surface area contributed by atoms with Gasteiger partial charge in [-0.1, -0.05) is 0 Å². The molecule has 0 unspecified atom stereocenters. The summed E-state index contributed by atoms with van der Waals surface area (Å²) < 4.78 is 4.85. The zero-order valence-corrected chi connectivity index (χ0v) is 9.36. The second-order valence-corrected chi connectivity index (χ2v) is 3.90. The Labute approximate surface area is 97.7 Å². The Morgan fingerprint density at radius 3 is 2.71 bits per heavy atom. The van der Waals surface area contributed by atoms with E-state index in [2.05, 4.69) is 5.32 Å². The number of allylic oxidation sites excluding steroid dienone is 1. The molecule has 17 heavy (non-hydrogen) atoms. The highest BCUT2D eigenvalue weighted by Gasteiger charge is 2.38. The van der Waals surface area contributed by atoms with Crippen LogP contribution >= 0.6 is 0 Å². The minimum atomic E-state index is -1.58. The number of hydrogen-bond acceptors (Lipinski definition) is 7. The third-order valence-corrected chi connectivity index (χ3v) is 2.47. The minimum absolute atomic E-state index is 0.0237. The molecule has 0 aliphatic heterocycles. The Balaban J connectivity index is 2.92. The summed E-state index contributed by atoms with van der Waals surface area (Å²) in [5, 5.41) is 31.6. The molecule has 0 saturated carbocycles. The normalized spacial score (nSPS) is 24.8. The number of ether oxygens (including phenoxy) is 1. The maximum absolute atomic E-state index is 11.6. The Hall–Kier alpha value is -1.60. The first-order chi connectivity index (χ1) is 7.91. The van der Waals surface area contributed by atoms with E-state index in [1.54, 1.807) is 0 Å². The number of aliphatic carboxylic acids is 1. The van der Waals surface area contributed by atoms with E-state index in [-0.39, 0.29) is 24.3 Å². The number of carbonyl (C=O) groups is 2. The average Bonchev–Trinajstić information content (AvgIpc) is 2.26. The van der Waals surface area contributed by atoms with Crippen LogP contribution in [-0.2, 0) is 14.3 Å². The fourth-order valence-electron chi connectivity index (χ4n) is 1.69. The molecular weight excluding hydrogens is 230 g/mol. The van der Waals surface area contributed by atoms with Gasteiger partial charge in [0.25, 0.3) is 0 Å². The first-order valence-corrected chi connectivity index (χ1v) is 4.99. The number of Topliss-reactive ketones (excluding diaryl/α,β-unsaturated/α-hetero) is 1. The van der Waals surface area contributed by atoms with Gasteiger partial charge in [-0.05, 0) is 0 Å². The SMILES string of the molecule is COC1=C(NCC(=O)[O-])C[C@@](O)(CO)CC1=O. The van der Waals surface area contributed by atoms with E-state index in [4.69, 9.17) is 9.84 Å². The van der Waals surface area contributed by atoms with E-state index in [9.17, 15) is 19.8 Å². The van der Waals surface area contributed by atoms with Crippen molar-refractivity contribution in [1.29, 1.82) is 0 Å². The molecule has 0 aromatic rings. The van der Waals surface area contributed by atoms with Crippen molar-refractivity contribution >= 4 is 11.8 Å². The summed E-state index contributed by atoms with van der Waals surface area (Å²) in [6.45, 7) is -1.09. The second kappa shape index (κ2) is 5.15. The quantitative estimate of drug-likeness (QED) is 0.480. The number of carboxylic acids is 1. The molecular formula is C10H14NO6-. The molecule has 0 radical (unpaired) electrons. The van der Waals surface area contributed by atoms with E-state index >= 15 is 0 Å². The van der Waals surface area contributed by atoms with Gasteiger partial charge in [0.1, 0.15) is 5.60 Å². The first kappa shape index (κ1) is 13.5. The fraction of sp³-hybridized carbons (Fsp3) is 0.600. The van der Waals surface area contributed by atoms with Gasteiger partial charge in [0.05, 0.1) is 31.9 Å². The summed E-state index contributed by atoms with van der Waals surface area (Å²) in [6, 6.07) is 0. The summed E-state index contributed by atoms with van der Waals surface area (Å²) >= 11 is 0. The predicted octanol–water partition coefficient (Wildman–Crippen LogP) is -2.73. The van der Waals surface area contributed by atoms with Crippen LogP contribution in [-0.4, -0.2) is 47.8 Å². The van der Waals surface area contributed by atoms with Gasteiger partial charge >= 0.3 is 0 Å². The molecule has 0 saturated heterocycles. The molecule has 0 spiro atoms. The summed E-state index contributed by atoms with van der Waals surface area (Å²) in [5.74, 6) is -1.86. The van der Waals surface area contributed by atoms with Crippen LogP contribution in [0, 0.1) is 0 Å². The van der Waals surface area contributed by atoms with Crippen LogP contribution in [0.3, 0.4) is 0 Å². The lowest BCUT2D eigenvalue weighted by Gasteiger charge is -2.32. The summed E-state index contributed by atoms with van der Waals surface area (Å²) in [6.07, 6.45) is -0.338. The van der Waals surface area contributed by atoms with Crippen LogP contribution < -0.4 is 10.4 Å². The summed E-state index contributed by atoms with van der Waals surface area (Å²) in [4.78, 5) is 21.9. The molecule has 0 fully saturated rings. The fourth-order valence-corrected chi connectivity index (χ4v) is 1.69. The van der Waals surface area contributed by atoms with E-state index in [0.717, 1.165) is 0 Å². The van der Waals surface area contributed by atoms with Crippen LogP contribution in [0.4, 0.5) is 0 Å². The van der Waals surface area contributed by atoms with Crippen molar-refractivity contribution in [1.82, 2.24) is 5.32 Å². The van der Waals surface area contributed by atoms with Gasteiger partial charge in [0.2, 0.25) is 5.78 Å². The number of aliphatic hydroxyl groups excluding tert-OH is 1. The summed E-state index contributed by atoms with van der Waals surface area (Å²) in [7, 11) is 1.28. The summed E-state index contributed by atoms with van der Waals surface area (Å²) in [5.41, 5.74) is -1.42. The standard InChI is InChI=1S/C10H15NO6/c1-17-9-6(11-4-8(14)15)2-10(16,5-12)3-7(9)13/h11-12,16H,2-5H2,1H3,(H,14,15)/p-1/t10-/m0/s1. The highest BCUT2D eigenvalue weighted by molar-refractivity contribution is 5.96. The van der Waals surface area contributed by atoms with Crippen molar-refractivity contribution in [2.75, 3.05) is 20.3 Å². The molecule has 3 N–H and O–H groups in total. The largest absolute Gasteiger partial charge is 0.548 e. The van der Waals surface area contributed by atoms with Crippen LogP contribution in [0.15, 0.2) is 11.5 Å². The van der Waals surface area contributed by atoms with Crippen molar-refractivity contribution in [3.8, 4) is 0 Å². The number of hydrogen-bond donors (Lipinski definition) is 3. The van der Waals surface area contributed by atoms with Gasteiger partial charge in [-0.3, -0.25) is 4.79 Å². The number of methoxy groups -OCH3 is 1. The lowest BCUT2D eigenvalue weighted by molar-refractivity contribution is -0.303. The van der Waals surface area contributed by atoms with Gasteiger partial charge in [-0.15, -0.1) is 0 Å². The van der Waals surface area contributed by atoms with Gasteiger partial charge in [0.15, 0.2) is 5.76 Å². The third-order valence-electron chi connectivity index (χ3n) is 2.47. The van der Waals surface area contributed by atoms with Crippen molar-refractivity contribution in [3.63, 3.8) is 0 Å². The number of rotatable bonds is 5. The molecule has 0 bridgehead atoms. The van der Waals surface area contributed by atoms with Gasteiger partial charge < -0.3 is 30.2 Å². The highest BCUT2D eigenvalue weighted by Crippen LogP contribution is 2.29. The maximum atomic E-state index is 11.6. The lowest BCUT2D eigenvalue weighted by Crippen LogP contribution is -2.45. The average molecular weight is 244 g/mol. The molecule has 1 rings (SSSR count). The molecule has 1 aliphatic rings. The van der Waals surface area contributed by atoms with E-state index in [0.29, 0.717) is 0 Å². The van der Waals surface area contributed by atoms with Crippen molar-refractivity contribution < 1.29 is 29.6 Å². The van der Waals surface area contributed by atoms with E-state index < -0.39 is 30.5 Å². The van der Waals surface area contributed by atoms with Crippen molar-refractivity contribution in [2.24, 2.45) is 0 Å². The monoisotopic (exact) mass is 244 g/mol. The first-order valence-electron chi connectivity index (χ1n) is 4.99. The number of nitrogens with one attached hydrogen (secondary N) is 1. The smallest absolute Gasteiger partial charge is 0.202 e. The van der Waals surface area contributed by atoms with Gasteiger partial charge in [0, 0.05) is 12.8 Å². The molecule has 0 aromatic heterocycles. The Bertz CT molecular complexity index is 364. The number of ketones is 1. The topological polar surface area (TPSA) is 119 Å². The second-order valence-electron chi connectivity index (χ2n) is 3.90. The molecule has 0 amide bonds. The maximum Gasteiger partial charge on any atom is 0.202 e.